The van der Waals surface area contributed by atoms with Crippen LogP contribution in [0.3, 0.4) is 0 Å². The predicted octanol–water partition coefficient (Wildman–Crippen LogP) is 3.02. The fraction of sp³-hybridized carbons (Fsp3) is 0.263. The van der Waals surface area contributed by atoms with Gasteiger partial charge in [-0.25, -0.2) is 0 Å². The lowest BCUT2D eigenvalue weighted by Crippen LogP contribution is -2.36. The second kappa shape index (κ2) is 7.61. The summed E-state index contributed by atoms with van der Waals surface area (Å²) in [7, 11) is 1.86. The summed E-state index contributed by atoms with van der Waals surface area (Å²) in [5.41, 5.74) is 1.79. The third kappa shape index (κ3) is 3.88. The van der Waals surface area contributed by atoms with Gasteiger partial charge in [0.15, 0.2) is 0 Å². The summed E-state index contributed by atoms with van der Waals surface area (Å²) in [5, 5.41) is 0. The van der Waals surface area contributed by atoms with E-state index in [1.807, 2.05) is 11.9 Å². The van der Waals surface area contributed by atoms with E-state index in [9.17, 15) is 18.4 Å². The number of halogens is 2. The van der Waals surface area contributed by atoms with Crippen LogP contribution in [-0.4, -0.2) is 48.4 Å². The number of imide groups is 1. The molecule has 0 unspecified atom stereocenters. The van der Waals surface area contributed by atoms with Crippen molar-refractivity contribution in [3.63, 3.8) is 0 Å². The summed E-state index contributed by atoms with van der Waals surface area (Å²) in [6.45, 7) is -1.50. The van der Waals surface area contributed by atoms with Crippen LogP contribution in [0, 0.1) is 0 Å². The number of carbonyl (C=O) groups excluding carboxylic acids is 2. The summed E-state index contributed by atoms with van der Waals surface area (Å²) in [6.07, 6.45) is 0. The molecule has 7 heteroatoms. The molecule has 1 aliphatic heterocycles. The monoisotopic (exact) mass is 360 g/mol. The SMILES string of the molecule is CN(CCN1C(=O)c2ccccc2C1=O)Cc1ccc(OC(F)F)cc1. The van der Waals surface area contributed by atoms with Gasteiger partial charge in [0.2, 0.25) is 0 Å². The number of fused-ring (bicyclic) bond motifs is 1. The van der Waals surface area contributed by atoms with Crippen molar-refractivity contribution in [3.8, 4) is 5.75 Å². The fourth-order valence-corrected chi connectivity index (χ4v) is 2.88. The Labute approximate surface area is 149 Å². The first-order chi connectivity index (χ1) is 12.5. The summed E-state index contributed by atoms with van der Waals surface area (Å²) < 4.78 is 28.6. The van der Waals surface area contributed by atoms with E-state index in [4.69, 9.17) is 0 Å². The van der Waals surface area contributed by atoms with Gasteiger partial charge in [-0.2, -0.15) is 8.78 Å². The number of hydrogen-bond acceptors (Lipinski definition) is 4. The normalized spacial score (nSPS) is 13.7. The highest BCUT2D eigenvalue weighted by atomic mass is 19.3. The predicted molar refractivity (Wildman–Crippen MR) is 91.2 cm³/mol. The molecule has 2 aromatic rings. The number of alkyl halides is 2. The highest BCUT2D eigenvalue weighted by Crippen LogP contribution is 2.22. The van der Waals surface area contributed by atoms with E-state index in [-0.39, 0.29) is 24.1 Å². The minimum Gasteiger partial charge on any atom is -0.435 e. The first kappa shape index (κ1) is 18.0. The van der Waals surface area contributed by atoms with E-state index < -0.39 is 6.61 Å². The Morgan fingerprint density at radius 2 is 1.58 bits per heavy atom. The van der Waals surface area contributed by atoms with E-state index in [0.717, 1.165) is 5.56 Å². The van der Waals surface area contributed by atoms with E-state index in [2.05, 4.69) is 4.74 Å². The van der Waals surface area contributed by atoms with Crippen molar-refractivity contribution in [2.75, 3.05) is 20.1 Å². The van der Waals surface area contributed by atoms with Gasteiger partial charge in [-0.15, -0.1) is 0 Å². The molecule has 0 radical (unpaired) electrons. The highest BCUT2D eigenvalue weighted by molar-refractivity contribution is 6.21. The minimum absolute atomic E-state index is 0.109. The van der Waals surface area contributed by atoms with E-state index in [1.165, 1.54) is 17.0 Å². The van der Waals surface area contributed by atoms with Crippen molar-refractivity contribution >= 4 is 11.8 Å². The molecule has 26 heavy (non-hydrogen) atoms. The topological polar surface area (TPSA) is 49.9 Å². The molecule has 2 amide bonds. The van der Waals surface area contributed by atoms with E-state index >= 15 is 0 Å². The van der Waals surface area contributed by atoms with Crippen LogP contribution in [0.2, 0.25) is 0 Å². The molecule has 5 nitrogen and oxygen atoms in total. The second-order valence-electron chi connectivity index (χ2n) is 6.07. The molecular weight excluding hydrogens is 342 g/mol. The number of nitrogens with zero attached hydrogens (tertiary/aromatic N) is 2. The van der Waals surface area contributed by atoms with Gasteiger partial charge in [-0.3, -0.25) is 14.5 Å². The number of rotatable bonds is 7. The number of likely N-dealkylation sites (N-methyl/N-ethyl adjacent to an activating group) is 1. The van der Waals surface area contributed by atoms with Crippen molar-refractivity contribution in [3.05, 3.63) is 65.2 Å². The zero-order valence-electron chi connectivity index (χ0n) is 14.2. The molecule has 0 saturated heterocycles. The molecule has 0 aliphatic carbocycles. The standard InChI is InChI=1S/C19H18F2N2O3/c1-22(12-13-6-8-14(9-7-13)26-19(20)21)10-11-23-17(24)15-4-2-3-5-16(15)18(23)25/h2-9,19H,10-12H2,1H3. The third-order valence-electron chi connectivity index (χ3n) is 4.18. The molecule has 1 aliphatic rings. The van der Waals surface area contributed by atoms with Crippen molar-refractivity contribution in [1.29, 1.82) is 0 Å². The number of ether oxygens (including phenoxy) is 1. The number of hydrogen-bond donors (Lipinski definition) is 0. The smallest absolute Gasteiger partial charge is 0.387 e. The molecular formula is C19H18F2N2O3. The Balaban J connectivity index is 1.54. The molecule has 1 heterocycles. The van der Waals surface area contributed by atoms with Crippen LogP contribution in [0.25, 0.3) is 0 Å². The maximum absolute atomic E-state index is 12.3. The van der Waals surface area contributed by atoms with Gasteiger partial charge in [0.05, 0.1) is 11.1 Å². The lowest BCUT2D eigenvalue weighted by molar-refractivity contribution is -0.0498. The molecule has 0 saturated carbocycles. The van der Waals surface area contributed by atoms with Crippen LogP contribution in [-0.2, 0) is 6.54 Å². The number of benzene rings is 2. The minimum atomic E-state index is -2.84. The highest BCUT2D eigenvalue weighted by Gasteiger charge is 2.34. The maximum atomic E-state index is 12.3. The van der Waals surface area contributed by atoms with E-state index in [0.29, 0.717) is 24.2 Å². The van der Waals surface area contributed by atoms with Gasteiger partial charge in [0, 0.05) is 19.6 Å². The summed E-state index contributed by atoms with van der Waals surface area (Å²) in [6, 6.07) is 13.2. The second-order valence-corrected chi connectivity index (χ2v) is 6.07. The molecule has 0 bridgehead atoms. The van der Waals surface area contributed by atoms with Crippen LogP contribution in [0.5, 0.6) is 5.75 Å². The zero-order chi connectivity index (χ0) is 18.7. The average Bonchev–Trinajstić information content (AvgIpc) is 2.86. The van der Waals surface area contributed by atoms with Gasteiger partial charge in [-0.05, 0) is 36.9 Å². The van der Waals surface area contributed by atoms with Crippen molar-refractivity contribution in [2.45, 2.75) is 13.2 Å². The molecule has 0 N–H and O–H groups in total. The lowest BCUT2D eigenvalue weighted by atomic mass is 10.1. The van der Waals surface area contributed by atoms with Crippen LogP contribution in [0.1, 0.15) is 26.3 Å². The Bertz CT molecular complexity index is 774. The number of amides is 2. The largest absolute Gasteiger partial charge is 0.435 e. The van der Waals surface area contributed by atoms with Crippen LogP contribution >= 0.6 is 0 Å². The number of carbonyl (C=O) groups is 2. The summed E-state index contributed by atoms with van der Waals surface area (Å²) >= 11 is 0. The van der Waals surface area contributed by atoms with Gasteiger partial charge in [0.25, 0.3) is 11.8 Å². The van der Waals surface area contributed by atoms with Crippen LogP contribution in [0.15, 0.2) is 48.5 Å². The summed E-state index contributed by atoms with van der Waals surface area (Å²) in [4.78, 5) is 27.8. The van der Waals surface area contributed by atoms with Gasteiger partial charge in [-0.1, -0.05) is 24.3 Å². The fourth-order valence-electron chi connectivity index (χ4n) is 2.88. The van der Waals surface area contributed by atoms with Crippen molar-refractivity contribution < 1.29 is 23.1 Å². The van der Waals surface area contributed by atoms with Crippen molar-refractivity contribution in [1.82, 2.24) is 9.80 Å². The zero-order valence-corrected chi connectivity index (χ0v) is 14.2. The molecule has 2 aromatic carbocycles. The average molecular weight is 360 g/mol. The Morgan fingerprint density at radius 3 is 2.12 bits per heavy atom. The van der Waals surface area contributed by atoms with Gasteiger partial charge < -0.3 is 9.64 Å². The maximum Gasteiger partial charge on any atom is 0.387 e. The Kier molecular flexibility index (Phi) is 5.27. The van der Waals surface area contributed by atoms with Crippen LogP contribution in [0.4, 0.5) is 8.78 Å². The quantitative estimate of drug-likeness (QED) is 0.713. The molecule has 136 valence electrons. The molecule has 0 atom stereocenters. The van der Waals surface area contributed by atoms with Gasteiger partial charge >= 0.3 is 6.61 Å². The van der Waals surface area contributed by atoms with Crippen LogP contribution < -0.4 is 4.74 Å². The van der Waals surface area contributed by atoms with E-state index in [1.54, 1.807) is 36.4 Å². The third-order valence-corrected chi connectivity index (χ3v) is 4.18. The molecule has 0 spiro atoms. The first-order valence-corrected chi connectivity index (χ1v) is 8.13. The molecule has 0 fully saturated rings. The molecule has 3 rings (SSSR count). The lowest BCUT2D eigenvalue weighted by Gasteiger charge is -2.20. The first-order valence-electron chi connectivity index (χ1n) is 8.13. The summed E-state index contributed by atoms with van der Waals surface area (Å²) in [5.74, 6) is -0.433. The van der Waals surface area contributed by atoms with Gasteiger partial charge in [0.1, 0.15) is 5.75 Å². The molecule has 0 aromatic heterocycles. The van der Waals surface area contributed by atoms with Crippen molar-refractivity contribution in [2.24, 2.45) is 0 Å². The Hall–Kier alpha value is -2.80. The Morgan fingerprint density at radius 1 is 1.00 bits per heavy atom.